The number of carbonyl (C=O) groups is 1. The summed E-state index contributed by atoms with van der Waals surface area (Å²) in [6, 6.07) is 0. The molecule has 0 radical (unpaired) electrons. The van der Waals surface area contributed by atoms with Crippen molar-refractivity contribution in [2.24, 2.45) is 0 Å². The summed E-state index contributed by atoms with van der Waals surface area (Å²) in [6.45, 7) is 1.71. The summed E-state index contributed by atoms with van der Waals surface area (Å²) < 4.78 is 19.1. The highest BCUT2D eigenvalue weighted by molar-refractivity contribution is 7.46. The van der Waals surface area contributed by atoms with E-state index in [4.69, 9.17) is 14.5 Å². The highest BCUT2D eigenvalue weighted by Crippen LogP contribution is 2.35. The summed E-state index contributed by atoms with van der Waals surface area (Å²) in [6.07, 6.45) is 5.58. The van der Waals surface area contributed by atoms with Gasteiger partial charge in [-0.25, -0.2) is 4.57 Å². The lowest BCUT2D eigenvalue weighted by Gasteiger charge is -2.06. The molecule has 0 aromatic carbocycles. The predicted octanol–water partition coefficient (Wildman–Crippen LogP) is 2.00. The topological polar surface area (TPSA) is 93.1 Å². The highest BCUT2D eigenvalue weighted by atomic mass is 31.2. The summed E-state index contributed by atoms with van der Waals surface area (Å²) in [5, 5.41) is 0. The maximum atomic E-state index is 11.1. The van der Waals surface area contributed by atoms with Crippen molar-refractivity contribution >= 4 is 13.8 Å². The fraction of sp³-hybridized carbons (Fsp3) is 0.900. The molecule has 0 saturated carbocycles. The second kappa shape index (κ2) is 9.59. The van der Waals surface area contributed by atoms with E-state index in [1.54, 1.807) is 0 Å². The smallest absolute Gasteiger partial charge is 0.463 e. The van der Waals surface area contributed by atoms with E-state index in [1.807, 2.05) is 0 Å². The molecule has 0 heterocycles. The summed E-state index contributed by atoms with van der Waals surface area (Å²) >= 11 is 0. The Labute approximate surface area is 102 Å². The van der Waals surface area contributed by atoms with Crippen molar-refractivity contribution in [1.29, 1.82) is 0 Å². The lowest BCUT2D eigenvalue weighted by atomic mass is 10.1. The first-order valence-corrected chi connectivity index (χ1v) is 7.34. The molecule has 0 aliphatic carbocycles. The molecule has 0 saturated heterocycles. The van der Waals surface area contributed by atoms with E-state index in [0.717, 1.165) is 25.7 Å². The number of phosphoric acid groups is 1. The zero-order valence-corrected chi connectivity index (χ0v) is 11.0. The Morgan fingerprint density at radius 3 is 2.35 bits per heavy atom. The Morgan fingerprint density at radius 1 is 1.12 bits per heavy atom. The maximum Gasteiger partial charge on any atom is 0.469 e. The maximum absolute atomic E-state index is 11.1. The largest absolute Gasteiger partial charge is 0.469 e. The van der Waals surface area contributed by atoms with Gasteiger partial charge in [-0.15, -0.1) is 0 Å². The van der Waals surface area contributed by atoms with E-state index < -0.39 is 7.82 Å². The van der Waals surface area contributed by atoms with Gasteiger partial charge in [-0.05, 0) is 6.42 Å². The molecule has 0 aromatic heterocycles. The molecule has 7 heteroatoms. The minimum absolute atomic E-state index is 0.126. The number of hydrogen-bond donors (Lipinski definition) is 2. The van der Waals surface area contributed by atoms with Crippen LogP contribution in [0.25, 0.3) is 0 Å². The summed E-state index contributed by atoms with van der Waals surface area (Å²) in [7, 11) is -4.45. The van der Waals surface area contributed by atoms with Crippen LogP contribution in [0.5, 0.6) is 0 Å². The standard InChI is InChI=1S/C10H21O6P/c1-2-3-4-5-6-7-10(11)15-8-9-16-17(12,13)14/h2-9H2,1H3,(H2,12,13,14). The number of rotatable bonds is 10. The van der Waals surface area contributed by atoms with Crippen LogP contribution in [-0.4, -0.2) is 29.0 Å². The first kappa shape index (κ1) is 16.6. The third-order valence-electron chi connectivity index (χ3n) is 2.09. The number of unbranched alkanes of at least 4 members (excludes halogenated alkanes) is 4. The minimum atomic E-state index is -4.45. The molecule has 0 rings (SSSR count). The zero-order valence-electron chi connectivity index (χ0n) is 10.1. The van der Waals surface area contributed by atoms with Gasteiger partial charge in [0.2, 0.25) is 0 Å². The molecule has 0 fully saturated rings. The van der Waals surface area contributed by atoms with Crippen LogP contribution < -0.4 is 0 Å². The van der Waals surface area contributed by atoms with Crippen molar-refractivity contribution in [2.75, 3.05) is 13.2 Å². The van der Waals surface area contributed by atoms with Crippen LogP contribution in [0.2, 0.25) is 0 Å². The summed E-state index contributed by atoms with van der Waals surface area (Å²) in [5.41, 5.74) is 0. The number of hydrogen-bond acceptors (Lipinski definition) is 4. The second-order valence-corrected chi connectivity index (χ2v) is 4.95. The molecule has 2 N–H and O–H groups in total. The zero-order chi connectivity index (χ0) is 13.1. The molecule has 0 unspecified atom stereocenters. The molecule has 6 nitrogen and oxygen atoms in total. The molecule has 0 aliphatic rings. The van der Waals surface area contributed by atoms with Gasteiger partial charge in [-0.3, -0.25) is 9.32 Å². The van der Waals surface area contributed by atoms with Crippen molar-refractivity contribution in [1.82, 2.24) is 0 Å². The lowest BCUT2D eigenvalue weighted by Crippen LogP contribution is -2.09. The van der Waals surface area contributed by atoms with Gasteiger partial charge >= 0.3 is 13.8 Å². The third-order valence-corrected chi connectivity index (χ3v) is 2.61. The molecule has 0 atom stereocenters. The summed E-state index contributed by atoms with van der Waals surface area (Å²) in [5.74, 6) is -0.351. The first-order chi connectivity index (χ1) is 7.95. The van der Waals surface area contributed by atoms with Gasteiger partial charge in [0.15, 0.2) is 0 Å². The molecule has 0 amide bonds. The van der Waals surface area contributed by atoms with Crippen LogP contribution in [0.15, 0.2) is 0 Å². The number of esters is 1. The van der Waals surface area contributed by atoms with Crippen molar-refractivity contribution in [2.45, 2.75) is 45.4 Å². The third kappa shape index (κ3) is 13.5. The van der Waals surface area contributed by atoms with Gasteiger partial charge < -0.3 is 14.5 Å². The Kier molecular flexibility index (Phi) is 9.36. The Morgan fingerprint density at radius 2 is 1.76 bits per heavy atom. The van der Waals surface area contributed by atoms with Crippen molar-refractivity contribution in [3.63, 3.8) is 0 Å². The van der Waals surface area contributed by atoms with Gasteiger partial charge in [0.05, 0.1) is 6.61 Å². The number of carbonyl (C=O) groups excluding carboxylic acids is 1. The van der Waals surface area contributed by atoms with Gasteiger partial charge in [-0.1, -0.05) is 32.6 Å². The predicted molar refractivity (Wildman–Crippen MR) is 62.3 cm³/mol. The van der Waals surface area contributed by atoms with Crippen LogP contribution in [0, 0.1) is 0 Å². The molecule has 0 aromatic rings. The number of ether oxygens (including phenoxy) is 1. The van der Waals surface area contributed by atoms with Crippen molar-refractivity contribution in [3.8, 4) is 0 Å². The second-order valence-electron chi connectivity index (χ2n) is 3.71. The van der Waals surface area contributed by atoms with E-state index in [1.165, 1.54) is 6.42 Å². The molecule has 0 aliphatic heterocycles. The summed E-state index contributed by atoms with van der Waals surface area (Å²) in [4.78, 5) is 27.8. The fourth-order valence-electron chi connectivity index (χ4n) is 1.26. The van der Waals surface area contributed by atoms with Crippen LogP contribution in [0.1, 0.15) is 45.4 Å². The van der Waals surface area contributed by atoms with Gasteiger partial charge in [0.25, 0.3) is 0 Å². The molecular formula is C10H21O6P. The van der Waals surface area contributed by atoms with Gasteiger partial charge in [-0.2, -0.15) is 0 Å². The average molecular weight is 268 g/mol. The van der Waals surface area contributed by atoms with E-state index in [9.17, 15) is 9.36 Å². The molecule has 0 spiro atoms. The Balaban J connectivity index is 3.32. The quantitative estimate of drug-likeness (QED) is 0.357. The monoisotopic (exact) mass is 268 g/mol. The highest BCUT2D eigenvalue weighted by Gasteiger charge is 2.13. The van der Waals surface area contributed by atoms with Crippen LogP contribution in [0.3, 0.4) is 0 Å². The number of phosphoric ester groups is 1. The molecule has 17 heavy (non-hydrogen) atoms. The van der Waals surface area contributed by atoms with E-state index in [2.05, 4.69) is 11.4 Å². The minimum Gasteiger partial charge on any atom is -0.463 e. The van der Waals surface area contributed by atoms with Crippen molar-refractivity contribution in [3.05, 3.63) is 0 Å². The Hall–Kier alpha value is -0.420. The first-order valence-electron chi connectivity index (χ1n) is 5.81. The fourth-order valence-corrected chi connectivity index (χ4v) is 1.57. The lowest BCUT2D eigenvalue weighted by molar-refractivity contribution is -0.144. The van der Waals surface area contributed by atoms with Crippen LogP contribution >= 0.6 is 7.82 Å². The van der Waals surface area contributed by atoms with E-state index in [-0.39, 0.29) is 19.2 Å². The van der Waals surface area contributed by atoms with E-state index in [0.29, 0.717) is 6.42 Å². The van der Waals surface area contributed by atoms with Gasteiger partial charge in [0.1, 0.15) is 6.61 Å². The molecular weight excluding hydrogens is 247 g/mol. The van der Waals surface area contributed by atoms with Crippen molar-refractivity contribution < 1.29 is 28.4 Å². The van der Waals surface area contributed by atoms with Crippen LogP contribution in [0.4, 0.5) is 0 Å². The van der Waals surface area contributed by atoms with E-state index >= 15 is 0 Å². The molecule has 0 bridgehead atoms. The van der Waals surface area contributed by atoms with Gasteiger partial charge in [0, 0.05) is 6.42 Å². The Bertz CT molecular complexity index is 249. The molecule has 102 valence electrons. The van der Waals surface area contributed by atoms with Crippen LogP contribution in [-0.2, 0) is 18.6 Å². The SMILES string of the molecule is CCCCCCCC(=O)OCCOP(=O)(O)O. The normalized spacial score (nSPS) is 11.5. The average Bonchev–Trinajstić information content (AvgIpc) is 2.23.